The van der Waals surface area contributed by atoms with E-state index in [0.717, 1.165) is 5.56 Å². The van der Waals surface area contributed by atoms with Crippen LogP contribution in [-0.4, -0.2) is 23.0 Å². The molecule has 1 aromatic rings. The molecule has 0 aliphatic rings. The second kappa shape index (κ2) is 6.50. The summed E-state index contributed by atoms with van der Waals surface area (Å²) in [5.41, 5.74) is 6.53. The molecule has 1 heterocycles. The van der Waals surface area contributed by atoms with Crippen molar-refractivity contribution in [3.8, 4) is 0 Å². The van der Waals surface area contributed by atoms with Crippen molar-refractivity contribution >= 4 is 11.5 Å². The number of Topliss-reactive ketones (excluding diaryl/α,β-unsaturated/α-hetero) is 1. The van der Waals surface area contributed by atoms with Crippen molar-refractivity contribution in [1.29, 1.82) is 0 Å². The van der Waals surface area contributed by atoms with E-state index in [0.29, 0.717) is 25.1 Å². The molecule has 1 aromatic heterocycles. The molecule has 0 aromatic carbocycles. The summed E-state index contributed by atoms with van der Waals surface area (Å²) in [5, 5.41) is 0. The largest absolute Gasteiger partial charge is 0.398 e. The lowest BCUT2D eigenvalue weighted by molar-refractivity contribution is -0.144. The zero-order valence-electron chi connectivity index (χ0n) is 11.4. The van der Waals surface area contributed by atoms with Gasteiger partial charge >= 0.3 is 0 Å². The van der Waals surface area contributed by atoms with Gasteiger partial charge in [0.2, 0.25) is 0 Å². The molecular weight excluding hydrogens is 228 g/mol. The van der Waals surface area contributed by atoms with Gasteiger partial charge in [-0.25, -0.2) is 0 Å². The van der Waals surface area contributed by atoms with Crippen molar-refractivity contribution in [2.24, 2.45) is 0 Å². The van der Waals surface area contributed by atoms with Gasteiger partial charge in [0.15, 0.2) is 5.78 Å². The van der Waals surface area contributed by atoms with Crippen LogP contribution in [0, 0.1) is 0 Å². The summed E-state index contributed by atoms with van der Waals surface area (Å²) in [7, 11) is 0. The Balaban J connectivity index is 2.89. The van der Waals surface area contributed by atoms with Gasteiger partial charge in [-0.05, 0) is 25.8 Å². The normalized spacial score (nSPS) is 11.5. The van der Waals surface area contributed by atoms with Gasteiger partial charge < -0.3 is 10.5 Å². The third-order valence-corrected chi connectivity index (χ3v) is 3.36. The first-order valence-corrected chi connectivity index (χ1v) is 6.45. The van der Waals surface area contributed by atoms with E-state index in [4.69, 9.17) is 10.5 Å². The first kappa shape index (κ1) is 14.6. The number of pyridine rings is 1. The predicted molar refractivity (Wildman–Crippen MR) is 72.3 cm³/mol. The van der Waals surface area contributed by atoms with Crippen LogP contribution in [0.15, 0.2) is 18.5 Å². The molecule has 18 heavy (non-hydrogen) atoms. The lowest BCUT2D eigenvalue weighted by Gasteiger charge is -2.30. The van der Waals surface area contributed by atoms with Crippen LogP contribution in [0.25, 0.3) is 0 Å². The number of aromatic nitrogens is 1. The lowest BCUT2D eigenvalue weighted by Crippen LogP contribution is -2.41. The molecule has 0 bridgehead atoms. The van der Waals surface area contributed by atoms with Crippen molar-refractivity contribution < 1.29 is 9.53 Å². The number of ketones is 1. The van der Waals surface area contributed by atoms with Gasteiger partial charge in [0, 0.05) is 36.7 Å². The summed E-state index contributed by atoms with van der Waals surface area (Å²) in [6.45, 7) is 6.40. The highest BCUT2D eigenvalue weighted by Crippen LogP contribution is 2.24. The summed E-state index contributed by atoms with van der Waals surface area (Å²) in [4.78, 5) is 16.4. The molecule has 0 fully saturated rings. The van der Waals surface area contributed by atoms with Crippen LogP contribution in [0.2, 0.25) is 0 Å². The number of hydrogen-bond acceptors (Lipinski definition) is 4. The number of carbonyl (C=O) groups is 1. The van der Waals surface area contributed by atoms with E-state index in [-0.39, 0.29) is 12.2 Å². The first-order valence-electron chi connectivity index (χ1n) is 6.45. The van der Waals surface area contributed by atoms with E-state index < -0.39 is 5.60 Å². The highest BCUT2D eigenvalue weighted by Gasteiger charge is 2.35. The Morgan fingerprint density at radius 3 is 2.56 bits per heavy atom. The quantitative estimate of drug-likeness (QED) is 0.806. The predicted octanol–water partition coefficient (Wildman–Crippen LogP) is 2.37. The number of nitrogens with zero attached hydrogens (tertiary/aromatic N) is 1. The zero-order valence-corrected chi connectivity index (χ0v) is 11.4. The minimum absolute atomic E-state index is 0.0778. The Hall–Kier alpha value is -1.42. The van der Waals surface area contributed by atoms with E-state index in [1.165, 1.54) is 0 Å². The average molecular weight is 250 g/mol. The SMILES string of the molecule is CCOC(CC)(CC)C(=O)Cc1cnccc1N. The van der Waals surface area contributed by atoms with E-state index in [1.54, 1.807) is 18.5 Å². The highest BCUT2D eigenvalue weighted by molar-refractivity contribution is 5.90. The number of carbonyl (C=O) groups excluding carboxylic acids is 1. The van der Waals surface area contributed by atoms with Gasteiger partial charge in [0.05, 0.1) is 0 Å². The Morgan fingerprint density at radius 1 is 1.39 bits per heavy atom. The molecule has 100 valence electrons. The van der Waals surface area contributed by atoms with Crippen molar-refractivity contribution in [2.45, 2.75) is 45.6 Å². The fraction of sp³-hybridized carbons (Fsp3) is 0.571. The van der Waals surface area contributed by atoms with Crippen LogP contribution in [0.5, 0.6) is 0 Å². The van der Waals surface area contributed by atoms with E-state index in [9.17, 15) is 4.79 Å². The number of rotatable bonds is 7. The number of nitrogen functional groups attached to an aromatic ring is 1. The van der Waals surface area contributed by atoms with Gasteiger partial charge in [-0.2, -0.15) is 0 Å². The van der Waals surface area contributed by atoms with Gasteiger partial charge in [0.25, 0.3) is 0 Å². The third-order valence-electron chi connectivity index (χ3n) is 3.36. The monoisotopic (exact) mass is 250 g/mol. The topological polar surface area (TPSA) is 65.2 Å². The van der Waals surface area contributed by atoms with Crippen LogP contribution < -0.4 is 5.73 Å². The Labute approximate surface area is 109 Å². The summed E-state index contributed by atoms with van der Waals surface area (Å²) in [6.07, 6.45) is 4.90. The van der Waals surface area contributed by atoms with E-state index in [1.807, 2.05) is 20.8 Å². The zero-order chi connectivity index (χ0) is 13.6. The average Bonchev–Trinajstić information content (AvgIpc) is 2.38. The molecule has 0 spiro atoms. The Morgan fingerprint density at radius 2 is 2.06 bits per heavy atom. The summed E-state index contributed by atoms with van der Waals surface area (Å²) in [5.74, 6) is 0.0778. The van der Waals surface area contributed by atoms with Gasteiger partial charge in [-0.1, -0.05) is 13.8 Å². The van der Waals surface area contributed by atoms with Gasteiger partial charge in [0.1, 0.15) is 5.60 Å². The molecule has 0 aliphatic heterocycles. The smallest absolute Gasteiger partial charge is 0.169 e. The fourth-order valence-corrected chi connectivity index (χ4v) is 2.12. The maximum absolute atomic E-state index is 12.4. The molecule has 0 saturated heterocycles. The number of nitrogens with two attached hydrogens (primary N) is 1. The maximum Gasteiger partial charge on any atom is 0.169 e. The van der Waals surface area contributed by atoms with Gasteiger partial charge in [-0.15, -0.1) is 0 Å². The van der Waals surface area contributed by atoms with Crippen LogP contribution >= 0.6 is 0 Å². The first-order chi connectivity index (χ1) is 8.59. The summed E-state index contributed by atoms with van der Waals surface area (Å²) in [6, 6.07) is 1.71. The summed E-state index contributed by atoms with van der Waals surface area (Å²) < 4.78 is 5.69. The summed E-state index contributed by atoms with van der Waals surface area (Å²) >= 11 is 0. The molecule has 0 saturated carbocycles. The highest BCUT2D eigenvalue weighted by atomic mass is 16.5. The standard InChI is InChI=1S/C14H22N2O2/c1-4-14(5-2,18-6-3)13(17)9-11-10-16-8-7-12(11)15/h7-8,10H,4-6,9H2,1-3H3,(H2,15,16). The molecule has 1 rings (SSSR count). The fourth-order valence-electron chi connectivity index (χ4n) is 2.12. The second-order valence-electron chi connectivity index (χ2n) is 4.31. The van der Waals surface area contributed by atoms with Crippen LogP contribution in [0.1, 0.15) is 39.2 Å². The number of ether oxygens (including phenoxy) is 1. The second-order valence-corrected chi connectivity index (χ2v) is 4.31. The molecule has 4 heteroatoms. The molecule has 4 nitrogen and oxygen atoms in total. The van der Waals surface area contributed by atoms with Crippen molar-refractivity contribution in [3.63, 3.8) is 0 Å². The molecular formula is C14H22N2O2. The maximum atomic E-state index is 12.4. The third kappa shape index (κ3) is 3.07. The van der Waals surface area contributed by atoms with Crippen molar-refractivity contribution in [1.82, 2.24) is 4.98 Å². The molecule has 0 atom stereocenters. The number of hydrogen-bond donors (Lipinski definition) is 1. The molecule has 0 aliphatic carbocycles. The van der Waals surface area contributed by atoms with Gasteiger partial charge in [-0.3, -0.25) is 9.78 Å². The Bertz CT molecular complexity index is 401. The van der Waals surface area contributed by atoms with E-state index in [2.05, 4.69) is 4.98 Å². The van der Waals surface area contributed by atoms with Crippen molar-refractivity contribution in [2.75, 3.05) is 12.3 Å². The minimum atomic E-state index is -0.684. The van der Waals surface area contributed by atoms with Crippen LogP contribution in [-0.2, 0) is 16.0 Å². The molecule has 0 radical (unpaired) electrons. The molecule has 2 N–H and O–H groups in total. The Kier molecular flexibility index (Phi) is 5.28. The lowest BCUT2D eigenvalue weighted by atomic mass is 9.88. The van der Waals surface area contributed by atoms with Crippen LogP contribution in [0.4, 0.5) is 5.69 Å². The molecule has 0 unspecified atom stereocenters. The van der Waals surface area contributed by atoms with E-state index >= 15 is 0 Å². The number of anilines is 1. The minimum Gasteiger partial charge on any atom is -0.398 e. The van der Waals surface area contributed by atoms with Crippen LogP contribution in [0.3, 0.4) is 0 Å². The molecule has 0 amide bonds. The van der Waals surface area contributed by atoms with Crippen molar-refractivity contribution in [3.05, 3.63) is 24.0 Å².